The summed E-state index contributed by atoms with van der Waals surface area (Å²) in [6, 6.07) is 3.51. The third-order valence-corrected chi connectivity index (χ3v) is 2.23. The molecule has 0 spiro atoms. The number of nitrogens with zero attached hydrogens (tertiary/aromatic N) is 1. The summed E-state index contributed by atoms with van der Waals surface area (Å²) in [5.74, 6) is 0.660. The number of pyridine rings is 1. The lowest BCUT2D eigenvalue weighted by molar-refractivity contribution is 0.0736. The Morgan fingerprint density at radius 2 is 2.08 bits per heavy atom. The van der Waals surface area contributed by atoms with Gasteiger partial charge in [0.2, 0.25) is 0 Å². The van der Waals surface area contributed by atoms with Crippen molar-refractivity contribution in [2.45, 2.75) is 19.4 Å². The van der Waals surface area contributed by atoms with Crippen LogP contribution in [0.3, 0.4) is 0 Å². The molecule has 1 aromatic heterocycles. The summed E-state index contributed by atoms with van der Waals surface area (Å²) in [6.07, 6.45) is 0. The summed E-state index contributed by atoms with van der Waals surface area (Å²) in [6.45, 7) is 3.38. The van der Waals surface area contributed by atoms with Gasteiger partial charge in [-0.2, -0.15) is 0 Å². The second-order valence-corrected chi connectivity index (χ2v) is 4.00. The molecule has 1 aromatic rings. The highest BCUT2D eigenvalue weighted by Gasteiger charge is 2.18. The van der Waals surface area contributed by atoms with Crippen LogP contribution < -0.4 is 4.74 Å². The van der Waals surface area contributed by atoms with Crippen molar-refractivity contribution < 1.29 is 9.84 Å². The van der Waals surface area contributed by atoms with Gasteiger partial charge in [-0.1, -0.05) is 0 Å². The van der Waals surface area contributed by atoms with Gasteiger partial charge >= 0.3 is 0 Å². The van der Waals surface area contributed by atoms with E-state index in [-0.39, 0.29) is 0 Å². The number of aliphatic hydroxyl groups is 1. The maximum absolute atomic E-state index is 9.65. The van der Waals surface area contributed by atoms with Gasteiger partial charge in [-0.15, -0.1) is 0 Å². The minimum atomic E-state index is -0.922. The van der Waals surface area contributed by atoms with E-state index in [0.717, 1.165) is 0 Å². The van der Waals surface area contributed by atoms with Crippen molar-refractivity contribution in [3.8, 4) is 5.75 Å². The zero-order chi connectivity index (χ0) is 10.1. The molecular weight excluding hydrogens is 234 g/mol. The van der Waals surface area contributed by atoms with Gasteiger partial charge in [-0.05, 0) is 41.9 Å². The van der Waals surface area contributed by atoms with Gasteiger partial charge in [0.05, 0.1) is 12.8 Å². The van der Waals surface area contributed by atoms with E-state index in [4.69, 9.17) is 4.74 Å². The summed E-state index contributed by atoms with van der Waals surface area (Å²) < 4.78 is 5.63. The Balaban J connectivity index is 3.10. The van der Waals surface area contributed by atoms with Crippen molar-refractivity contribution in [2.24, 2.45) is 0 Å². The normalized spacial score (nSPS) is 11.5. The molecule has 72 valence electrons. The molecule has 0 saturated heterocycles. The first-order chi connectivity index (χ1) is 5.95. The topological polar surface area (TPSA) is 42.4 Å². The van der Waals surface area contributed by atoms with Crippen LogP contribution in [0, 0.1) is 0 Å². The molecule has 13 heavy (non-hydrogen) atoms. The van der Waals surface area contributed by atoms with Crippen molar-refractivity contribution in [1.29, 1.82) is 0 Å². The van der Waals surface area contributed by atoms with Crippen LogP contribution in [-0.4, -0.2) is 17.2 Å². The summed E-state index contributed by atoms with van der Waals surface area (Å²) in [5.41, 5.74) is -0.311. The number of aromatic nitrogens is 1. The van der Waals surface area contributed by atoms with E-state index < -0.39 is 5.60 Å². The molecule has 0 aliphatic rings. The number of ether oxygens (including phenoxy) is 1. The second kappa shape index (κ2) is 3.64. The second-order valence-electron chi connectivity index (χ2n) is 3.25. The minimum absolute atomic E-state index is 0.606. The van der Waals surface area contributed by atoms with E-state index in [0.29, 0.717) is 16.0 Å². The standard InChI is InChI=1S/C9H12BrNO2/c1-9(2,12)7-5-4-6(13-3)8(10)11-7/h4-5,12H,1-3H3. The molecule has 0 unspecified atom stereocenters. The summed E-state index contributed by atoms with van der Waals surface area (Å²) >= 11 is 3.25. The predicted molar refractivity (Wildman–Crippen MR) is 53.7 cm³/mol. The number of hydrogen-bond acceptors (Lipinski definition) is 3. The first kappa shape index (κ1) is 10.5. The lowest BCUT2D eigenvalue weighted by Crippen LogP contribution is -2.17. The third kappa shape index (κ3) is 2.42. The quantitative estimate of drug-likeness (QED) is 0.812. The van der Waals surface area contributed by atoms with E-state index in [1.54, 1.807) is 33.1 Å². The van der Waals surface area contributed by atoms with Gasteiger partial charge in [-0.25, -0.2) is 4.98 Å². The smallest absolute Gasteiger partial charge is 0.151 e. The molecule has 0 amide bonds. The van der Waals surface area contributed by atoms with Crippen LogP contribution in [0.5, 0.6) is 5.75 Å². The molecule has 1 rings (SSSR count). The lowest BCUT2D eigenvalue weighted by Gasteiger charge is -2.17. The molecule has 1 heterocycles. The minimum Gasteiger partial charge on any atom is -0.494 e. The predicted octanol–water partition coefficient (Wildman–Crippen LogP) is 2.08. The molecule has 0 aliphatic carbocycles. The molecule has 3 nitrogen and oxygen atoms in total. The summed E-state index contributed by atoms with van der Waals surface area (Å²) in [7, 11) is 1.57. The Bertz CT molecular complexity index is 307. The Morgan fingerprint density at radius 3 is 2.46 bits per heavy atom. The number of hydrogen-bond donors (Lipinski definition) is 1. The van der Waals surface area contributed by atoms with Crippen LogP contribution in [0.4, 0.5) is 0 Å². The first-order valence-corrected chi connectivity index (χ1v) is 4.68. The molecule has 1 N–H and O–H groups in total. The monoisotopic (exact) mass is 245 g/mol. The molecule has 0 atom stereocenters. The van der Waals surface area contributed by atoms with Crippen molar-refractivity contribution in [1.82, 2.24) is 4.98 Å². The van der Waals surface area contributed by atoms with Crippen molar-refractivity contribution in [3.05, 3.63) is 22.4 Å². The first-order valence-electron chi connectivity index (χ1n) is 3.88. The molecule has 0 radical (unpaired) electrons. The van der Waals surface area contributed by atoms with Gasteiger partial charge in [0.15, 0.2) is 5.75 Å². The van der Waals surface area contributed by atoms with E-state index in [1.807, 2.05) is 0 Å². The number of halogens is 1. The molecule has 0 aromatic carbocycles. The maximum atomic E-state index is 9.65. The highest BCUT2D eigenvalue weighted by molar-refractivity contribution is 9.10. The Labute approximate surface area is 85.9 Å². The van der Waals surface area contributed by atoms with Crippen LogP contribution >= 0.6 is 15.9 Å². The number of rotatable bonds is 2. The zero-order valence-electron chi connectivity index (χ0n) is 7.84. The molecule has 0 saturated carbocycles. The fourth-order valence-electron chi connectivity index (χ4n) is 0.915. The molecule has 0 bridgehead atoms. The maximum Gasteiger partial charge on any atom is 0.151 e. The van der Waals surface area contributed by atoms with Gasteiger partial charge in [0, 0.05) is 0 Å². The largest absolute Gasteiger partial charge is 0.494 e. The molecule has 0 fully saturated rings. The van der Waals surface area contributed by atoms with Crippen LogP contribution in [0.1, 0.15) is 19.5 Å². The molecule has 4 heteroatoms. The van der Waals surface area contributed by atoms with Gasteiger partial charge in [0.1, 0.15) is 10.2 Å². The van der Waals surface area contributed by atoms with Crippen LogP contribution in [0.15, 0.2) is 16.7 Å². The van der Waals surface area contributed by atoms with Gasteiger partial charge in [-0.3, -0.25) is 0 Å². The Morgan fingerprint density at radius 1 is 1.46 bits per heavy atom. The van der Waals surface area contributed by atoms with E-state index in [1.165, 1.54) is 0 Å². The van der Waals surface area contributed by atoms with E-state index in [2.05, 4.69) is 20.9 Å². The third-order valence-electron chi connectivity index (χ3n) is 1.66. The van der Waals surface area contributed by atoms with Crippen molar-refractivity contribution in [3.63, 3.8) is 0 Å². The summed E-state index contributed by atoms with van der Waals surface area (Å²) in [5, 5.41) is 9.65. The van der Waals surface area contributed by atoms with Crippen molar-refractivity contribution >= 4 is 15.9 Å². The fourth-order valence-corrected chi connectivity index (χ4v) is 1.40. The fraction of sp³-hybridized carbons (Fsp3) is 0.444. The SMILES string of the molecule is COc1ccc(C(C)(C)O)nc1Br. The van der Waals surface area contributed by atoms with Crippen LogP contribution in [0.2, 0.25) is 0 Å². The van der Waals surface area contributed by atoms with Crippen LogP contribution in [0.25, 0.3) is 0 Å². The Kier molecular flexibility index (Phi) is 2.93. The van der Waals surface area contributed by atoms with Crippen molar-refractivity contribution in [2.75, 3.05) is 7.11 Å². The van der Waals surface area contributed by atoms with Gasteiger partial charge < -0.3 is 9.84 Å². The van der Waals surface area contributed by atoms with E-state index >= 15 is 0 Å². The average molecular weight is 246 g/mol. The Hall–Kier alpha value is -0.610. The molecular formula is C9H12BrNO2. The zero-order valence-corrected chi connectivity index (χ0v) is 9.42. The van der Waals surface area contributed by atoms with E-state index in [9.17, 15) is 5.11 Å². The van der Waals surface area contributed by atoms with Gasteiger partial charge in [0.25, 0.3) is 0 Å². The number of methoxy groups -OCH3 is 1. The highest BCUT2D eigenvalue weighted by Crippen LogP contribution is 2.26. The average Bonchev–Trinajstić information content (AvgIpc) is 2.02. The summed E-state index contributed by atoms with van der Waals surface area (Å²) in [4.78, 5) is 4.16. The lowest BCUT2D eigenvalue weighted by atomic mass is 10.1. The van der Waals surface area contributed by atoms with Crippen LogP contribution in [-0.2, 0) is 5.60 Å². The highest BCUT2D eigenvalue weighted by atomic mass is 79.9. The molecule has 0 aliphatic heterocycles.